The van der Waals surface area contributed by atoms with Crippen LogP contribution in [0.3, 0.4) is 0 Å². The van der Waals surface area contributed by atoms with Gasteiger partial charge in [-0.25, -0.2) is 0 Å². The lowest BCUT2D eigenvalue weighted by molar-refractivity contribution is 0.0948. The summed E-state index contributed by atoms with van der Waals surface area (Å²) >= 11 is 0. The number of carbonyl (C=O) groups is 1. The third kappa shape index (κ3) is 3.40. The number of nitrogens with one attached hydrogen (secondary N) is 1. The van der Waals surface area contributed by atoms with E-state index in [9.17, 15) is 4.79 Å². The standard InChI is InChI=1S/C18H19N3O2/c1-23-12-2-9-20-18(22)14-3-5-16(6-4-14)21-11-8-15-13-19-10-7-17(15)21/h3-8,10-11,13H,2,9,12H2,1H3,(H,20,22). The molecule has 1 amide bonds. The van der Waals surface area contributed by atoms with Crippen LogP contribution in [-0.4, -0.2) is 35.7 Å². The number of hydrogen-bond acceptors (Lipinski definition) is 3. The first-order valence-corrected chi connectivity index (χ1v) is 7.58. The Morgan fingerprint density at radius 3 is 2.83 bits per heavy atom. The van der Waals surface area contributed by atoms with E-state index in [1.807, 2.05) is 48.8 Å². The van der Waals surface area contributed by atoms with Crippen molar-refractivity contribution in [1.29, 1.82) is 0 Å². The minimum atomic E-state index is -0.0609. The van der Waals surface area contributed by atoms with Gasteiger partial charge in [0.05, 0.1) is 5.52 Å². The zero-order chi connectivity index (χ0) is 16.1. The van der Waals surface area contributed by atoms with E-state index in [0.717, 1.165) is 23.0 Å². The van der Waals surface area contributed by atoms with Crippen LogP contribution in [0.5, 0.6) is 0 Å². The van der Waals surface area contributed by atoms with E-state index in [0.29, 0.717) is 18.7 Å². The topological polar surface area (TPSA) is 56.1 Å². The van der Waals surface area contributed by atoms with Crippen molar-refractivity contribution in [3.8, 4) is 5.69 Å². The molecule has 118 valence electrons. The summed E-state index contributed by atoms with van der Waals surface area (Å²) in [5.74, 6) is -0.0609. The summed E-state index contributed by atoms with van der Waals surface area (Å²) in [6.45, 7) is 1.26. The number of nitrogens with zero attached hydrogens (tertiary/aromatic N) is 2. The van der Waals surface area contributed by atoms with Crippen molar-refractivity contribution in [3.63, 3.8) is 0 Å². The van der Waals surface area contributed by atoms with E-state index >= 15 is 0 Å². The Balaban J connectivity index is 1.73. The van der Waals surface area contributed by atoms with E-state index in [2.05, 4.69) is 14.9 Å². The first-order valence-electron chi connectivity index (χ1n) is 7.58. The van der Waals surface area contributed by atoms with Gasteiger partial charge in [-0.15, -0.1) is 0 Å². The summed E-state index contributed by atoms with van der Waals surface area (Å²) in [6, 6.07) is 11.6. The van der Waals surface area contributed by atoms with Gasteiger partial charge in [-0.1, -0.05) is 0 Å². The summed E-state index contributed by atoms with van der Waals surface area (Å²) < 4.78 is 7.04. The third-order valence-electron chi connectivity index (χ3n) is 3.71. The molecule has 1 N–H and O–H groups in total. The normalized spacial score (nSPS) is 10.8. The SMILES string of the molecule is COCCCNC(=O)c1ccc(-n2ccc3cnccc32)cc1. The second kappa shape index (κ2) is 7.07. The minimum absolute atomic E-state index is 0.0609. The van der Waals surface area contributed by atoms with E-state index in [-0.39, 0.29) is 5.91 Å². The lowest BCUT2D eigenvalue weighted by atomic mass is 10.2. The Morgan fingerprint density at radius 2 is 2.04 bits per heavy atom. The van der Waals surface area contributed by atoms with Crippen LogP contribution in [-0.2, 0) is 4.74 Å². The molecule has 0 fully saturated rings. The van der Waals surface area contributed by atoms with Crippen molar-refractivity contribution in [2.45, 2.75) is 6.42 Å². The van der Waals surface area contributed by atoms with Crippen molar-refractivity contribution in [2.24, 2.45) is 0 Å². The Labute approximate surface area is 134 Å². The average molecular weight is 309 g/mol. The number of rotatable bonds is 6. The molecule has 0 spiro atoms. The summed E-state index contributed by atoms with van der Waals surface area (Å²) in [5.41, 5.74) is 2.77. The number of amides is 1. The predicted octanol–water partition coefficient (Wildman–Crippen LogP) is 2.79. The molecule has 0 saturated carbocycles. The van der Waals surface area contributed by atoms with Crippen molar-refractivity contribution >= 4 is 16.8 Å². The van der Waals surface area contributed by atoms with Gasteiger partial charge >= 0.3 is 0 Å². The van der Waals surface area contributed by atoms with Crippen LogP contribution in [0.2, 0.25) is 0 Å². The van der Waals surface area contributed by atoms with E-state index in [1.54, 1.807) is 13.3 Å². The summed E-state index contributed by atoms with van der Waals surface area (Å²) in [4.78, 5) is 16.2. The van der Waals surface area contributed by atoms with E-state index in [1.165, 1.54) is 0 Å². The number of ether oxygens (including phenoxy) is 1. The van der Waals surface area contributed by atoms with Gasteiger partial charge in [-0.05, 0) is 42.8 Å². The Kier molecular flexibility index (Phi) is 4.68. The molecule has 0 aliphatic heterocycles. The highest BCUT2D eigenvalue weighted by Crippen LogP contribution is 2.19. The predicted molar refractivity (Wildman–Crippen MR) is 89.9 cm³/mol. The number of pyridine rings is 1. The smallest absolute Gasteiger partial charge is 0.251 e. The molecule has 0 bridgehead atoms. The molecule has 2 heterocycles. The zero-order valence-corrected chi connectivity index (χ0v) is 13.0. The number of fused-ring (bicyclic) bond motifs is 1. The van der Waals surface area contributed by atoms with E-state index < -0.39 is 0 Å². The molecule has 3 aromatic rings. The molecule has 5 heteroatoms. The molecular weight excluding hydrogens is 290 g/mol. The number of aromatic nitrogens is 2. The molecule has 5 nitrogen and oxygen atoms in total. The van der Waals surface area contributed by atoms with E-state index in [4.69, 9.17) is 4.74 Å². The van der Waals surface area contributed by atoms with Crippen LogP contribution in [0.15, 0.2) is 55.0 Å². The molecule has 0 atom stereocenters. The molecular formula is C18H19N3O2. The number of hydrogen-bond donors (Lipinski definition) is 1. The van der Waals surface area contributed by atoms with Crippen molar-refractivity contribution < 1.29 is 9.53 Å². The monoisotopic (exact) mass is 309 g/mol. The van der Waals surface area contributed by atoms with Crippen molar-refractivity contribution in [1.82, 2.24) is 14.9 Å². The lowest BCUT2D eigenvalue weighted by Crippen LogP contribution is -2.25. The van der Waals surface area contributed by atoms with Crippen molar-refractivity contribution in [3.05, 3.63) is 60.6 Å². The quantitative estimate of drug-likeness (QED) is 0.712. The van der Waals surface area contributed by atoms with Crippen LogP contribution >= 0.6 is 0 Å². The molecule has 2 aromatic heterocycles. The third-order valence-corrected chi connectivity index (χ3v) is 3.71. The van der Waals surface area contributed by atoms with Crippen molar-refractivity contribution in [2.75, 3.05) is 20.3 Å². The van der Waals surface area contributed by atoms with Gasteiger partial charge in [0.2, 0.25) is 0 Å². The van der Waals surface area contributed by atoms with Crippen LogP contribution in [0.25, 0.3) is 16.6 Å². The molecule has 23 heavy (non-hydrogen) atoms. The van der Waals surface area contributed by atoms with Gasteiger partial charge in [-0.3, -0.25) is 9.78 Å². The molecule has 0 aliphatic carbocycles. The lowest BCUT2D eigenvalue weighted by Gasteiger charge is -2.08. The highest BCUT2D eigenvalue weighted by molar-refractivity contribution is 5.94. The van der Waals surface area contributed by atoms with Gasteiger partial charge in [0.1, 0.15) is 0 Å². The fourth-order valence-electron chi connectivity index (χ4n) is 2.50. The zero-order valence-electron chi connectivity index (χ0n) is 13.0. The molecule has 0 aliphatic rings. The highest BCUT2D eigenvalue weighted by Gasteiger charge is 2.06. The second-order valence-electron chi connectivity index (χ2n) is 5.27. The molecule has 0 unspecified atom stereocenters. The van der Waals surface area contributed by atoms with Gasteiger partial charge < -0.3 is 14.6 Å². The van der Waals surface area contributed by atoms with Crippen LogP contribution in [0, 0.1) is 0 Å². The molecule has 3 rings (SSSR count). The van der Waals surface area contributed by atoms with Crippen LogP contribution < -0.4 is 5.32 Å². The number of methoxy groups -OCH3 is 1. The maximum absolute atomic E-state index is 12.1. The van der Waals surface area contributed by atoms with Gasteiger partial charge in [-0.2, -0.15) is 0 Å². The minimum Gasteiger partial charge on any atom is -0.385 e. The fraction of sp³-hybridized carbons (Fsp3) is 0.222. The van der Waals surface area contributed by atoms with Gasteiger partial charge in [0, 0.05) is 55.5 Å². The van der Waals surface area contributed by atoms with Crippen LogP contribution in [0.1, 0.15) is 16.8 Å². The molecule has 1 aromatic carbocycles. The first-order chi connectivity index (χ1) is 11.3. The van der Waals surface area contributed by atoms with Crippen LogP contribution in [0.4, 0.5) is 0 Å². The Bertz CT molecular complexity index is 793. The first kappa shape index (κ1) is 15.2. The summed E-state index contributed by atoms with van der Waals surface area (Å²) in [5, 5.41) is 3.97. The summed E-state index contributed by atoms with van der Waals surface area (Å²) in [6.07, 6.45) is 6.43. The Morgan fingerprint density at radius 1 is 1.22 bits per heavy atom. The maximum atomic E-state index is 12.1. The maximum Gasteiger partial charge on any atom is 0.251 e. The highest BCUT2D eigenvalue weighted by atomic mass is 16.5. The summed E-state index contributed by atoms with van der Waals surface area (Å²) in [7, 11) is 1.65. The average Bonchev–Trinajstić information content (AvgIpc) is 3.03. The molecule has 0 radical (unpaired) electrons. The number of benzene rings is 1. The molecule has 0 saturated heterocycles. The van der Waals surface area contributed by atoms with Gasteiger partial charge in [0.15, 0.2) is 0 Å². The second-order valence-corrected chi connectivity index (χ2v) is 5.27. The fourth-order valence-corrected chi connectivity index (χ4v) is 2.50. The van der Waals surface area contributed by atoms with Gasteiger partial charge in [0.25, 0.3) is 5.91 Å². The number of carbonyl (C=O) groups excluding carboxylic acids is 1. The Hall–Kier alpha value is -2.66. The largest absolute Gasteiger partial charge is 0.385 e.